The van der Waals surface area contributed by atoms with Crippen LogP contribution in [0.1, 0.15) is 49.8 Å². The second-order valence-corrected chi connectivity index (χ2v) is 6.15. The standard InChI is InChI=1S/C17H26N2/c1-3-11-18-17-15-10-5-4-7-13(15)12-16(17)19(2)14-8-6-9-14/h4-5,7,10,14,16-18H,3,6,8-9,11-12H2,1-2H3. The molecule has 1 saturated carbocycles. The molecular weight excluding hydrogens is 232 g/mol. The maximum atomic E-state index is 3.78. The van der Waals surface area contributed by atoms with Crippen molar-refractivity contribution in [1.29, 1.82) is 0 Å². The van der Waals surface area contributed by atoms with Crippen molar-refractivity contribution in [3.63, 3.8) is 0 Å². The molecule has 2 aliphatic rings. The first-order valence-electron chi connectivity index (χ1n) is 7.84. The molecule has 0 heterocycles. The quantitative estimate of drug-likeness (QED) is 0.873. The van der Waals surface area contributed by atoms with Crippen LogP contribution in [0.3, 0.4) is 0 Å². The van der Waals surface area contributed by atoms with E-state index in [9.17, 15) is 0 Å². The van der Waals surface area contributed by atoms with Gasteiger partial charge in [0.05, 0.1) is 0 Å². The van der Waals surface area contributed by atoms with Crippen molar-refractivity contribution in [2.75, 3.05) is 13.6 Å². The summed E-state index contributed by atoms with van der Waals surface area (Å²) in [6.45, 7) is 3.37. The lowest BCUT2D eigenvalue weighted by atomic mass is 9.90. The predicted octanol–water partition coefficient (Wildman–Crippen LogP) is 3.14. The Morgan fingerprint density at radius 3 is 2.74 bits per heavy atom. The average Bonchev–Trinajstić information content (AvgIpc) is 2.73. The summed E-state index contributed by atoms with van der Waals surface area (Å²) in [7, 11) is 2.33. The second kappa shape index (κ2) is 5.64. The third kappa shape index (κ3) is 2.44. The molecular formula is C17H26N2. The predicted molar refractivity (Wildman–Crippen MR) is 80.4 cm³/mol. The van der Waals surface area contributed by atoms with Gasteiger partial charge in [0.1, 0.15) is 0 Å². The van der Waals surface area contributed by atoms with E-state index in [0.717, 1.165) is 12.6 Å². The molecule has 0 bridgehead atoms. The molecule has 1 N–H and O–H groups in total. The minimum atomic E-state index is 0.529. The van der Waals surface area contributed by atoms with Gasteiger partial charge in [-0.1, -0.05) is 37.6 Å². The van der Waals surface area contributed by atoms with E-state index in [1.54, 1.807) is 5.56 Å². The molecule has 2 nitrogen and oxygen atoms in total. The van der Waals surface area contributed by atoms with E-state index in [2.05, 4.69) is 48.5 Å². The number of fused-ring (bicyclic) bond motifs is 1. The van der Waals surface area contributed by atoms with Gasteiger partial charge < -0.3 is 5.32 Å². The van der Waals surface area contributed by atoms with E-state index in [0.29, 0.717) is 12.1 Å². The van der Waals surface area contributed by atoms with Crippen LogP contribution in [0.4, 0.5) is 0 Å². The summed E-state index contributed by atoms with van der Waals surface area (Å²) in [4.78, 5) is 2.65. The smallest absolute Gasteiger partial charge is 0.0484 e. The Morgan fingerprint density at radius 2 is 2.05 bits per heavy atom. The summed E-state index contributed by atoms with van der Waals surface area (Å²) in [5.74, 6) is 0. The Balaban J connectivity index is 1.79. The Bertz CT molecular complexity index is 425. The first kappa shape index (κ1) is 13.1. The molecule has 104 valence electrons. The monoisotopic (exact) mass is 258 g/mol. The largest absolute Gasteiger partial charge is 0.309 e. The lowest BCUT2D eigenvalue weighted by molar-refractivity contribution is 0.0935. The lowest BCUT2D eigenvalue weighted by Crippen LogP contribution is -2.48. The highest BCUT2D eigenvalue weighted by Gasteiger charge is 2.37. The molecule has 0 aromatic heterocycles. The molecule has 0 radical (unpaired) electrons. The van der Waals surface area contributed by atoms with Gasteiger partial charge in [0.2, 0.25) is 0 Å². The molecule has 0 saturated heterocycles. The Morgan fingerprint density at radius 1 is 1.26 bits per heavy atom. The third-order valence-electron chi connectivity index (χ3n) is 4.99. The summed E-state index contributed by atoms with van der Waals surface area (Å²) in [5.41, 5.74) is 3.08. The lowest BCUT2D eigenvalue weighted by Gasteiger charge is -2.41. The van der Waals surface area contributed by atoms with Crippen molar-refractivity contribution >= 4 is 0 Å². The van der Waals surface area contributed by atoms with Gasteiger partial charge in [-0.25, -0.2) is 0 Å². The van der Waals surface area contributed by atoms with Crippen LogP contribution in [0, 0.1) is 0 Å². The van der Waals surface area contributed by atoms with E-state index in [1.165, 1.54) is 37.7 Å². The second-order valence-electron chi connectivity index (χ2n) is 6.15. The fourth-order valence-corrected chi connectivity index (χ4v) is 3.56. The summed E-state index contributed by atoms with van der Waals surface area (Å²) < 4.78 is 0. The zero-order chi connectivity index (χ0) is 13.2. The molecule has 0 aliphatic heterocycles. The summed E-state index contributed by atoms with van der Waals surface area (Å²) in [5, 5.41) is 3.78. The minimum Gasteiger partial charge on any atom is -0.309 e. The van der Waals surface area contributed by atoms with E-state index >= 15 is 0 Å². The molecule has 1 aromatic rings. The van der Waals surface area contributed by atoms with Gasteiger partial charge in [0.25, 0.3) is 0 Å². The van der Waals surface area contributed by atoms with Crippen LogP contribution in [0.25, 0.3) is 0 Å². The van der Waals surface area contributed by atoms with Crippen LogP contribution in [0.15, 0.2) is 24.3 Å². The van der Waals surface area contributed by atoms with Gasteiger partial charge in [-0.3, -0.25) is 4.90 Å². The van der Waals surface area contributed by atoms with Gasteiger partial charge in [-0.15, -0.1) is 0 Å². The number of nitrogens with zero attached hydrogens (tertiary/aromatic N) is 1. The topological polar surface area (TPSA) is 15.3 Å². The highest BCUT2D eigenvalue weighted by molar-refractivity contribution is 5.37. The summed E-state index contributed by atoms with van der Waals surface area (Å²) in [6, 6.07) is 11.0. The Labute approximate surface area is 117 Å². The van der Waals surface area contributed by atoms with Gasteiger partial charge in [0.15, 0.2) is 0 Å². The zero-order valence-corrected chi connectivity index (χ0v) is 12.2. The Kier molecular flexibility index (Phi) is 3.90. The van der Waals surface area contributed by atoms with Crippen LogP contribution in [-0.4, -0.2) is 30.6 Å². The SMILES string of the molecule is CCCNC1c2ccccc2CC1N(C)C1CCC1. The minimum absolute atomic E-state index is 0.529. The highest BCUT2D eigenvalue weighted by Crippen LogP contribution is 2.37. The first-order valence-corrected chi connectivity index (χ1v) is 7.84. The van der Waals surface area contributed by atoms with Crippen molar-refractivity contribution in [3.05, 3.63) is 35.4 Å². The maximum Gasteiger partial charge on any atom is 0.0484 e. The number of nitrogens with one attached hydrogen (secondary N) is 1. The van der Waals surface area contributed by atoms with Crippen molar-refractivity contribution in [2.45, 2.75) is 57.2 Å². The van der Waals surface area contributed by atoms with Gasteiger partial charge in [0, 0.05) is 18.1 Å². The summed E-state index contributed by atoms with van der Waals surface area (Å²) >= 11 is 0. The number of rotatable bonds is 5. The molecule has 0 spiro atoms. The molecule has 2 aliphatic carbocycles. The molecule has 2 heteroatoms. The third-order valence-corrected chi connectivity index (χ3v) is 4.99. The number of benzene rings is 1. The Hall–Kier alpha value is -0.860. The molecule has 3 rings (SSSR count). The first-order chi connectivity index (χ1) is 9.31. The number of hydrogen-bond acceptors (Lipinski definition) is 2. The maximum absolute atomic E-state index is 3.78. The van der Waals surface area contributed by atoms with Gasteiger partial charge in [-0.05, 0) is 50.4 Å². The number of hydrogen-bond donors (Lipinski definition) is 1. The normalized spacial score (nSPS) is 26.5. The van der Waals surface area contributed by atoms with Crippen molar-refractivity contribution in [1.82, 2.24) is 10.2 Å². The van der Waals surface area contributed by atoms with Gasteiger partial charge in [-0.2, -0.15) is 0 Å². The van der Waals surface area contributed by atoms with Crippen LogP contribution in [0.5, 0.6) is 0 Å². The highest BCUT2D eigenvalue weighted by atomic mass is 15.2. The van der Waals surface area contributed by atoms with Crippen LogP contribution in [0.2, 0.25) is 0 Å². The van der Waals surface area contributed by atoms with E-state index in [-0.39, 0.29) is 0 Å². The molecule has 19 heavy (non-hydrogen) atoms. The van der Waals surface area contributed by atoms with Crippen LogP contribution < -0.4 is 5.32 Å². The number of likely N-dealkylation sites (N-methyl/N-ethyl adjacent to an activating group) is 1. The van der Waals surface area contributed by atoms with Crippen LogP contribution in [-0.2, 0) is 6.42 Å². The molecule has 2 atom stereocenters. The average molecular weight is 258 g/mol. The van der Waals surface area contributed by atoms with E-state index in [4.69, 9.17) is 0 Å². The molecule has 1 fully saturated rings. The van der Waals surface area contributed by atoms with E-state index < -0.39 is 0 Å². The zero-order valence-electron chi connectivity index (χ0n) is 12.2. The fourth-order valence-electron chi connectivity index (χ4n) is 3.56. The van der Waals surface area contributed by atoms with Crippen molar-refractivity contribution < 1.29 is 0 Å². The molecule has 1 aromatic carbocycles. The van der Waals surface area contributed by atoms with E-state index in [1.807, 2.05) is 0 Å². The van der Waals surface area contributed by atoms with Crippen LogP contribution >= 0.6 is 0 Å². The molecule has 0 amide bonds. The summed E-state index contributed by atoms with van der Waals surface area (Å²) in [6.07, 6.45) is 6.62. The van der Waals surface area contributed by atoms with Crippen molar-refractivity contribution in [2.24, 2.45) is 0 Å². The fraction of sp³-hybridized carbons (Fsp3) is 0.647. The van der Waals surface area contributed by atoms with Crippen molar-refractivity contribution in [3.8, 4) is 0 Å². The van der Waals surface area contributed by atoms with Gasteiger partial charge >= 0.3 is 0 Å². The molecule has 2 unspecified atom stereocenters.